The van der Waals surface area contributed by atoms with Crippen LogP contribution in [0.2, 0.25) is 0 Å². The number of esters is 1. The fraction of sp³-hybridized carbons (Fsp3) is 0.526. The number of hydrogen-bond acceptors (Lipinski definition) is 2. The molecule has 0 radical (unpaired) electrons. The van der Waals surface area contributed by atoms with Gasteiger partial charge in [0.05, 0.1) is 12.5 Å². The van der Waals surface area contributed by atoms with Crippen LogP contribution < -0.4 is 0 Å². The molecule has 2 heteroatoms. The summed E-state index contributed by atoms with van der Waals surface area (Å²) in [5.74, 6) is 0.426. The molecule has 0 spiro atoms. The maximum absolute atomic E-state index is 12.3. The molecule has 0 amide bonds. The maximum Gasteiger partial charge on any atom is 0.310 e. The van der Waals surface area contributed by atoms with Gasteiger partial charge in [-0.15, -0.1) is 0 Å². The lowest BCUT2D eigenvalue weighted by atomic mass is 9.90. The van der Waals surface area contributed by atoms with Crippen molar-refractivity contribution in [3.8, 4) is 0 Å². The minimum Gasteiger partial charge on any atom is -0.465 e. The summed E-state index contributed by atoms with van der Waals surface area (Å²) in [6.07, 6.45) is 6.90. The van der Waals surface area contributed by atoms with Gasteiger partial charge in [0.2, 0.25) is 0 Å². The minimum absolute atomic E-state index is 0.0166. The van der Waals surface area contributed by atoms with Gasteiger partial charge in [-0.25, -0.2) is 0 Å². The topological polar surface area (TPSA) is 26.3 Å². The Hall–Kier alpha value is -1.57. The van der Waals surface area contributed by atoms with Crippen LogP contribution in [0.25, 0.3) is 0 Å². The van der Waals surface area contributed by atoms with Crippen molar-refractivity contribution < 1.29 is 9.53 Å². The fourth-order valence-electron chi connectivity index (χ4n) is 3.24. The molecule has 2 nitrogen and oxygen atoms in total. The Kier molecular flexibility index (Phi) is 3.88. The molecule has 0 aliphatic heterocycles. The predicted molar refractivity (Wildman–Crippen MR) is 83.8 cm³/mol. The van der Waals surface area contributed by atoms with Crippen molar-refractivity contribution in [1.29, 1.82) is 0 Å². The summed E-state index contributed by atoms with van der Waals surface area (Å²) in [5, 5.41) is 0. The van der Waals surface area contributed by atoms with E-state index in [1.165, 1.54) is 30.4 Å². The van der Waals surface area contributed by atoms with Gasteiger partial charge < -0.3 is 4.74 Å². The Morgan fingerprint density at radius 1 is 1.29 bits per heavy atom. The second-order valence-electron chi connectivity index (χ2n) is 6.91. The van der Waals surface area contributed by atoms with Crippen LogP contribution in [-0.4, -0.2) is 12.6 Å². The highest BCUT2D eigenvalue weighted by Crippen LogP contribution is 2.60. The first-order valence-electron chi connectivity index (χ1n) is 7.99. The third-order valence-corrected chi connectivity index (χ3v) is 5.05. The van der Waals surface area contributed by atoms with E-state index in [1.807, 2.05) is 18.2 Å². The molecule has 21 heavy (non-hydrogen) atoms. The summed E-state index contributed by atoms with van der Waals surface area (Å²) in [6, 6.07) is 10.2. The zero-order valence-electron chi connectivity index (χ0n) is 13.0. The monoisotopic (exact) mass is 284 g/mol. The van der Waals surface area contributed by atoms with Gasteiger partial charge in [-0.1, -0.05) is 55.8 Å². The predicted octanol–water partition coefficient (Wildman–Crippen LogP) is 4.15. The smallest absolute Gasteiger partial charge is 0.310 e. The number of benzene rings is 1. The fourth-order valence-corrected chi connectivity index (χ4v) is 3.24. The van der Waals surface area contributed by atoms with Crippen LogP contribution >= 0.6 is 0 Å². The molecule has 2 aliphatic carbocycles. The first kappa shape index (κ1) is 14.4. The molecular formula is C19H24O2. The Balaban J connectivity index is 1.49. The van der Waals surface area contributed by atoms with Gasteiger partial charge in [-0.05, 0) is 36.2 Å². The van der Waals surface area contributed by atoms with Crippen molar-refractivity contribution in [1.82, 2.24) is 0 Å². The Morgan fingerprint density at radius 2 is 2.00 bits per heavy atom. The van der Waals surface area contributed by atoms with E-state index < -0.39 is 0 Å². The molecule has 0 heterocycles. The summed E-state index contributed by atoms with van der Waals surface area (Å²) >= 11 is 0. The van der Waals surface area contributed by atoms with Gasteiger partial charge in [0.1, 0.15) is 0 Å². The molecule has 0 unspecified atom stereocenters. The molecule has 0 aromatic heterocycles. The lowest BCUT2D eigenvalue weighted by molar-refractivity contribution is -0.146. The van der Waals surface area contributed by atoms with E-state index >= 15 is 0 Å². The van der Waals surface area contributed by atoms with Crippen molar-refractivity contribution >= 4 is 5.97 Å². The molecule has 2 fully saturated rings. The van der Waals surface area contributed by atoms with Crippen molar-refractivity contribution in [2.75, 3.05) is 6.61 Å². The molecular weight excluding hydrogens is 260 g/mol. The third kappa shape index (κ3) is 3.04. The summed E-state index contributed by atoms with van der Waals surface area (Å²) in [4.78, 5) is 12.3. The van der Waals surface area contributed by atoms with Crippen LogP contribution in [0.3, 0.4) is 0 Å². The minimum atomic E-state index is -0.0166. The van der Waals surface area contributed by atoms with E-state index in [-0.39, 0.29) is 17.3 Å². The molecule has 0 bridgehead atoms. The average Bonchev–Trinajstić information content (AvgIpc) is 2.96. The van der Waals surface area contributed by atoms with E-state index in [1.54, 1.807) is 0 Å². The molecule has 112 valence electrons. The molecule has 1 aromatic rings. The van der Waals surface area contributed by atoms with E-state index in [0.717, 1.165) is 6.42 Å². The van der Waals surface area contributed by atoms with Gasteiger partial charge in [-0.3, -0.25) is 4.79 Å². The quantitative estimate of drug-likeness (QED) is 0.599. The van der Waals surface area contributed by atoms with E-state index in [9.17, 15) is 4.79 Å². The summed E-state index contributed by atoms with van der Waals surface area (Å²) < 4.78 is 5.50. The van der Waals surface area contributed by atoms with E-state index in [0.29, 0.717) is 12.5 Å². The first-order valence-corrected chi connectivity index (χ1v) is 7.99. The van der Waals surface area contributed by atoms with Gasteiger partial charge in [-0.2, -0.15) is 0 Å². The third-order valence-electron chi connectivity index (χ3n) is 5.05. The largest absolute Gasteiger partial charge is 0.465 e. The van der Waals surface area contributed by atoms with E-state index in [4.69, 9.17) is 4.74 Å². The molecule has 2 atom stereocenters. The van der Waals surface area contributed by atoms with Crippen molar-refractivity contribution in [3.05, 3.63) is 47.5 Å². The number of rotatable bonds is 5. The highest BCUT2D eigenvalue weighted by Gasteiger charge is 2.61. The first-order chi connectivity index (χ1) is 10.1. The Morgan fingerprint density at radius 3 is 2.62 bits per heavy atom. The summed E-state index contributed by atoms with van der Waals surface area (Å²) in [5.41, 5.74) is 2.83. The Bertz CT molecular complexity index is 536. The standard InChI is InChI=1S/C19H24O2/c1-19(2)16(13-15-9-6-10-15)17(19)18(20)21-12-11-14-7-4-3-5-8-14/h3-5,7-8,13,16-17H,6,9-12H2,1-2H3/t16-,17-/m0/s1. The Labute approximate surface area is 127 Å². The highest BCUT2D eigenvalue weighted by molar-refractivity contribution is 5.78. The second-order valence-corrected chi connectivity index (χ2v) is 6.91. The van der Waals surface area contributed by atoms with Crippen LogP contribution in [0.1, 0.15) is 38.7 Å². The average molecular weight is 284 g/mol. The van der Waals surface area contributed by atoms with Crippen molar-refractivity contribution in [2.45, 2.75) is 39.5 Å². The summed E-state index contributed by atoms with van der Waals surface area (Å²) in [6.45, 7) is 4.84. The number of carbonyl (C=O) groups excluding carboxylic acids is 1. The zero-order valence-corrected chi connectivity index (χ0v) is 13.0. The van der Waals surface area contributed by atoms with Gasteiger partial charge in [0, 0.05) is 6.42 Å². The molecule has 2 aliphatic rings. The van der Waals surface area contributed by atoms with Crippen molar-refractivity contribution in [2.24, 2.45) is 17.3 Å². The van der Waals surface area contributed by atoms with Crippen molar-refractivity contribution in [3.63, 3.8) is 0 Å². The van der Waals surface area contributed by atoms with Gasteiger partial charge in [0.25, 0.3) is 0 Å². The zero-order chi connectivity index (χ0) is 14.9. The molecule has 1 aromatic carbocycles. The lowest BCUT2D eigenvalue weighted by Crippen LogP contribution is -2.12. The number of ether oxygens (including phenoxy) is 1. The number of carbonyl (C=O) groups is 1. The molecule has 3 rings (SSSR count). The van der Waals surface area contributed by atoms with Crippen LogP contribution in [0.15, 0.2) is 42.0 Å². The number of hydrogen-bond donors (Lipinski definition) is 0. The van der Waals surface area contributed by atoms with Crippen LogP contribution in [-0.2, 0) is 16.0 Å². The maximum atomic E-state index is 12.3. The molecule has 0 N–H and O–H groups in total. The van der Waals surface area contributed by atoms with Gasteiger partial charge in [0.15, 0.2) is 0 Å². The summed E-state index contributed by atoms with van der Waals surface area (Å²) in [7, 11) is 0. The second kappa shape index (κ2) is 5.67. The highest BCUT2D eigenvalue weighted by atomic mass is 16.5. The van der Waals surface area contributed by atoms with Crippen LogP contribution in [0.5, 0.6) is 0 Å². The molecule has 0 saturated heterocycles. The lowest BCUT2D eigenvalue weighted by Gasteiger charge is -2.16. The molecule has 2 saturated carbocycles. The van der Waals surface area contributed by atoms with Crippen LogP contribution in [0, 0.1) is 17.3 Å². The van der Waals surface area contributed by atoms with E-state index in [2.05, 4.69) is 32.1 Å². The van der Waals surface area contributed by atoms with Crippen LogP contribution in [0.4, 0.5) is 0 Å². The van der Waals surface area contributed by atoms with Gasteiger partial charge >= 0.3 is 5.97 Å². The normalized spacial score (nSPS) is 25.9. The number of allylic oxidation sites excluding steroid dienone is 2. The SMILES string of the molecule is CC1(C)[C@H](C(=O)OCCc2ccccc2)[C@@H]1C=C1CCC1.